The lowest BCUT2D eigenvalue weighted by Crippen LogP contribution is -2.40. The summed E-state index contributed by atoms with van der Waals surface area (Å²) in [7, 11) is 1.55. The van der Waals surface area contributed by atoms with E-state index in [1.165, 1.54) is 15.9 Å². The number of aromatic hydroxyl groups is 1. The lowest BCUT2D eigenvalue weighted by molar-refractivity contribution is -0.139. The molecule has 8 heteroatoms. The van der Waals surface area contributed by atoms with Gasteiger partial charge in [-0.2, -0.15) is 0 Å². The number of thiazole rings is 1. The van der Waals surface area contributed by atoms with E-state index >= 15 is 0 Å². The maximum atomic E-state index is 13.5. The fraction of sp³-hybridized carbons (Fsp3) is 0.208. The molecular formula is C24H22N2O5S. The van der Waals surface area contributed by atoms with Crippen molar-refractivity contribution in [3.63, 3.8) is 0 Å². The number of phenols is 1. The van der Waals surface area contributed by atoms with Crippen LogP contribution in [0.4, 0.5) is 0 Å². The minimum Gasteiger partial charge on any atom is -0.508 e. The van der Waals surface area contributed by atoms with Gasteiger partial charge in [0.15, 0.2) is 4.80 Å². The zero-order valence-corrected chi connectivity index (χ0v) is 18.7. The van der Waals surface area contributed by atoms with Crippen molar-refractivity contribution in [3.8, 4) is 11.5 Å². The van der Waals surface area contributed by atoms with Gasteiger partial charge in [-0.05, 0) is 43.7 Å². The molecule has 1 aliphatic heterocycles. The number of benzene rings is 2. The largest absolute Gasteiger partial charge is 0.508 e. The Kier molecular flexibility index (Phi) is 5.96. The highest BCUT2D eigenvalue weighted by Gasteiger charge is 2.34. The van der Waals surface area contributed by atoms with E-state index in [9.17, 15) is 14.7 Å². The molecule has 3 aromatic rings. The number of fused-ring (bicyclic) bond motifs is 1. The molecule has 0 unspecified atom stereocenters. The molecule has 1 N–H and O–H groups in total. The summed E-state index contributed by atoms with van der Waals surface area (Å²) in [6.07, 6.45) is 1.74. The second-order valence-corrected chi connectivity index (χ2v) is 8.14. The first-order valence-electron chi connectivity index (χ1n) is 10.1. The summed E-state index contributed by atoms with van der Waals surface area (Å²) < 4.78 is 12.8. The van der Waals surface area contributed by atoms with E-state index in [-0.39, 0.29) is 17.9 Å². The molecule has 1 atom stereocenters. The Hall–Kier alpha value is -3.65. The number of esters is 1. The van der Waals surface area contributed by atoms with Gasteiger partial charge < -0.3 is 14.6 Å². The molecule has 32 heavy (non-hydrogen) atoms. The summed E-state index contributed by atoms with van der Waals surface area (Å²) in [6, 6.07) is 13.1. The molecule has 0 bridgehead atoms. The number of hydrogen-bond donors (Lipinski definition) is 1. The van der Waals surface area contributed by atoms with Crippen LogP contribution in [0, 0.1) is 0 Å². The minimum atomic E-state index is -0.733. The molecule has 2 aromatic carbocycles. The fourth-order valence-electron chi connectivity index (χ4n) is 3.70. The van der Waals surface area contributed by atoms with Crippen LogP contribution in [-0.4, -0.2) is 29.4 Å². The molecule has 0 radical (unpaired) electrons. The van der Waals surface area contributed by atoms with E-state index in [0.717, 1.165) is 5.56 Å². The van der Waals surface area contributed by atoms with Gasteiger partial charge in [0, 0.05) is 5.56 Å². The molecule has 0 spiro atoms. The van der Waals surface area contributed by atoms with E-state index in [1.54, 1.807) is 57.4 Å². The number of allylic oxidation sites excluding steroid dienone is 1. The number of hydrogen-bond acceptors (Lipinski definition) is 7. The molecule has 1 aliphatic rings. The maximum absolute atomic E-state index is 13.5. The minimum absolute atomic E-state index is 0.148. The third-order valence-electron chi connectivity index (χ3n) is 5.14. The van der Waals surface area contributed by atoms with Gasteiger partial charge in [0.25, 0.3) is 5.56 Å². The molecule has 0 saturated carbocycles. The number of nitrogens with zero attached hydrogens (tertiary/aromatic N) is 2. The van der Waals surface area contributed by atoms with Crippen LogP contribution in [0.15, 0.2) is 69.6 Å². The highest BCUT2D eigenvalue weighted by Crippen LogP contribution is 2.35. The number of rotatable bonds is 5. The summed E-state index contributed by atoms with van der Waals surface area (Å²) in [5, 5.41) is 9.52. The Bertz CT molecular complexity index is 1380. The predicted molar refractivity (Wildman–Crippen MR) is 121 cm³/mol. The summed E-state index contributed by atoms with van der Waals surface area (Å²) in [6.45, 7) is 3.68. The Balaban J connectivity index is 1.98. The zero-order chi connectivity index (χ0) is 22.8. The lowest BCUT2D eigenvalue weighted by atomic mass is 9.95. The topological polar surface area (TPSA) is 90.1 Å². The number of aromatic nitrogens is 1. The standard InChI is InChI=1S/C24H22N2O5S/c1-4-31-23(29)20-14(2)25-24-26(21(20)17-7-5-6-8-18(17)30-3)22(28)19(32-24)13-15-9-11-16(27)12-10-15/h5-13,21,27H,4H2,1-3H3/b19-13+/t21-/m0/s1. The number of carbonyl (C=O) groups excluding carboxylic acids is 1. The molecular weight excluding hydrogens is 428 g/mol. The van der Waals surface area contributed by atoms with Crippen LogP contribution in [0.3, 0.4) is 0 Å². The summed E-state index contributed by atoms with van der Waals surface area (Å²) >= 11 is 1.24. The van der Waals surface area contributed by atoms with Crippen molar-refractivity contribution >= 4 is 23.4 Å². The number of methoxy groups -OCH3 is 1. The number of para-hydroxylation sites is 1. The van der Waals surface area contributed by atoms with Crippen LogP contribution in [-0.2, 0) is 9.53 Å². The first-order chi connectivity index (χ1) is 15.4. The normalized spacial score (nSPS) is 15.8. The van der Waals surface area contributed by atoms with Crippen molar-refractivity contribution in [1.29, 1.82) is 0 Å². The Morgan fingerprint density at radius 1 is 1.22 bits per heavy atom. The Labute approximate surface area is 188 Å². The SMILES string of the molecule is CCOC(=O)C1=C(C)N=c2s/c(=C/c3ccc(O)cc3)c(=O)n2[C@H]1c1ccccc1OC. The van der Waals surface area contributed by atoms with Gasteiger partial charge in [-0.25, -0.2) is 9.79 Å². The van der Waals surface area contributed by atoms with Crippen LogP contribution in [0.25, 0.3) is 6.08 Å². The quantitative estimate of drug-likeness (QED) is 0.604. The van der Waals surface area contributed by atoms with Crippen LogP contribution < -0.4 is 19.6 Å². The fourth-order valence-corrected chi connectivity index (χ4v) is 4.75. The van der Waals surface area contributed by atoms with Gasteiger partial charge in [-0.3, -0.25) is 9.36 Å². The molecule has 0 aliphatic carbocycles. The van der Waals surface area contributed by atoms with Crippen molar-refractivity contribution in [2.75, 3.05) is 13.7 Å². The third-order valence-corrected chi connectivity index (χ3v) is 6.12. The number of phenolic OH excluding ortho intramolecular Hbond substituents is 1. The summed E-state index contributed by atoms with van der Waals surface area (Å²) in [5.41, 5.74) is 1.97. The lowest BCUT2D eigenvalue weighted by Gasteiger charge is -2.25. The highest BCUT2D eigenvalue weighted by molar-refractivity contribution is 7.07. The van der Waals surface area contributed by atoms with Crippen molar-refractivity contribution in [2.24, 2.45) is 4.99 Å². The molecule has 0 amide bonds. The second-order valence-electron chi connectivity index (χ2n) is 7.14. The van der Waals surface area contributed by atoms with E-state index in [2.05, 4.69) is 4.99 Å². The van der Waals surface area contributed by atoms with E-state index in [4.69, 9.17) is 9.47 Å². The van der Waals surface area contributed by atoms with Crippen LogP contribution in [0.5, 0.6) is 11.5 Å². The zero-order valence-electron chi connectivity index (χ0n) is 17.9. The third kappa shape index (κ3) is 3.85. The molecule has 4 rings (SSSR count). The molecule has 164 valence electrons. The Morgan fingerprint density at radius 2 is 1.94 bits per heavy atom. The van der Waals surface area contributed by atoms with Crippen molar-refractivity contribution < 1.29 is 19.4 Å². The second kappa shape index (κ2) is 8.84. The van der Waals surface area contributed by atoms with Crippen LogP contribution in [0.1, 0.15) is 31.0 Å². The molecule has 0 fully saturated rings. The van der Waals surface area contributed by atoms with Gasteiger partial charge >= 0.3 is 5.97 Å². The average molecular weight is 451 g/mol. The van der Waals surface area contributed by atoms with E-state index < -0.39 is 12.0 Å². The van der Waals surface area contributed by atoms with Crippen molar-refractivity contribution in [2.45, 2.75) is 19.9 Å². The Morgan fingerprint density at radius 3 is 2.62 bits per heavy atom. The first-order valence-corrected chi connectivity index (χ1v) is 10.9. The van der Waals surface area contributed by atoms with Gasteiger partial charge in [0.2, 0.25) is 0 Å². The average Bonchev–Trinajstić information content (AvgIpc) is 3.09. The number of carbonyl (C=O) groups is 1. The number of ether oxygens (including phenoxy) is 2. The van der Waals surface area contributed by atoms with Crippen molar-refractivity contribution in [1.82, 2.24) is 4.57 Å². The van der Waals surface area contributed by atoms with Gasteiger partial charge in [-0.15, -0.1) is 0 Å². The maximum Gasteiger partial charge on any atom is 0.338 e. The highest BCUT2D eigenvalue weighted by atomic mass is 32.1. The van der Waals surface area contributed by atoms with E-state index in [1.807, 2.05) is 18.2 Å². The molecule has 7 nitrogen and oxygen atoms in total. The predicted octanol–water partition coefficient (Wildman–Crippen LogP) is 2.51. The monoisotopic (exact) mass is 450 g/mol. The van der Waals surface area contributed by atoms with Gasteiger partial charge in [0.05, 0.1) is 29.5 Å². The molecule has 1 aromatic heterocycles. The smallest absolute Gasteiger partial charge is 0.338 e. The summed E-state index contributed by atoms with van der Waals surface area (Å²) in [5.74, 6) is 0.189. The van der Waals surface area contributed by atoms with Crippen molar-refractivity contribution in [3.05, 3.63) is 90.6 Å². The first kappa shape index (κ1) is 21.6. The molecule has 0 saturated heterocycles. The molecule has 2 heterocycles. The van der Waals surface area contributed by atoms with Crippen LogP contribution >= 0.6 is 11.3 Å². The van der Waals surface area contributed by atoms with E-state index in [0.29, 0.717) is 31.9 Å². The summed E-state index contributed by atoms with van der Waals surface area (Å²) in [4.78, 5) is 31.5. The van der Waals surface area contributed by atoms with Crippen LogP contribution in [0.2, 0.25) is 0 Å². The van der Waals surface area contributed by atoms with Gasteiger partial charge in [0.1, 0.15) is 17.5 Å². The van der Waals surface area contributed by atoms with Gasteiger partial charge in [-0.1, -0.05) is 41.7 Å².